The molecule has 116 valence electrons. The van der Waals surface area contributed by atoms with E-state index in [1.54, 1.807) is 12.3 Å². The van der Waals surface area contributed by atoms with E-state index < -0.39 is 0 Å². The number of rotatable bonds is 3. The predicted molar refractivity (Wildman–Crippen MR) is 84.0 cm³/mol. The monoisotopic (exact) mass is 302 g/mol. The van der Waals surface area contributed by atoms with Gasteiger partial charge in [-0.2, -0.15) is 0 Å². The number of carbonyl (C=O) groups excluding carboxylic acids is 1. The second-order valence-electron chi connectivity index (χ2n) is 5.55. The van der Waals surface area contributed by atoms with Gasteiger partial charge in [-0.15, -0.1) is 0 Å². The molecule has 0 saturated carbocycles. The van der Waals surface area contributed by atoms with E-state index >= 15 is 0 Å². The molecule has 0 N–H and O–H groups in total. The van der Waals surface area contributed by atoms with Crippen molar-refractivity contribution in [3.63, 3.8) is 0 Å². The third-order valence-electron chi connectivity index (χ3n) is 4.27. The quantitative estimate of drug-likeness (QED) is 0.815. The minimum absolute atomic E-state index is 0.0792. The molecule has 1 aliphatic rings. The minimum atomic E-state index is -0.384. The van der Waals surface area contributed by atoms with Gasteiger partial charge >= 0.3 is 5.97 Å². The third-order valence-corrected chi connectivity index (χ3v) is 4.27. The van der Waals surface area contributed by atoms with Crippen LogP contribution >= 0.6 is 0 Å². The van der Waals surface area contributed by atoms with Crippen LogP contribution < -0.4 is 4.90 Å². The van der Waals surface area contributed by atoms with Crippen molar-refractivity contribution in [1.82, 2.24) is 4.98 Å². The second-order valence-corrected chi connectivity index (χ2v) is 5.55. The highest BCUT2D eigenvalue weighted by molar-refractivity contribution is 6.04. The Balaban J connectivity index is 2.06. The van der Waals surface area contributed by atoms with Crippen molar-refractivity contribution in [1.29, 1.82) is 0 Å². The summed E-state index contributed by atoms with van der Waals surface area (Å²) in [7, 11) is 1.36. The van der Waals surface area contributed by atoms with Crippen molar-refractivity contribution in [2.24, 2.45) is 0 Å². The van der Waals surface area contributed by atoms with E-state index in [4.69, 9.17) is 4.74 Å². The molecule has 3 rings (SSSR count). The molecule has 22 heavy (non-hydrogen) atoms. The maximum atomic E-state index is 13.3. The van der Waals surface area contributed by atoms with E-state index in [-0.39, 0.29) is 18.7 Å². The Morgan fingerprint density at radius 1 is 1.41 bits per heavy atom. The largest absolute Gasteiger partial charge is 0.465 e. The first-order valence-electron chi connectivity index (χ1n) is 7.54. The van der Waals surface area contributed by atoms with Gasteiger partial charge < -0.3 is 9.64 Å². The van der Waals surface area contributed by atoms with Gasteiger partial charge in [-0.05, 0) is 43.5 Å². The fourth-order valence-electron chi connectivity index (χ4n) is 3.10. The lowest BCUT2D eigenvalue weighted by Gasteiger charge is -2.36. The van der Waals surface area contributed by atoms with Gasteiger partial charge in [0.2, 0.25) is 0 Å². The highest BCUT2D eigenvalue weighted by atomic mass is 19.1. The summed E-state index contributed by atoms with van der Waals surface area (Å²) in [6, 6.07) is 7.32. The maximum absolute atomic E-state index is 13.3. The Morgan fingerprint density at radius 3 is 3.05 bits per heavy atom. The minimum Gasteiger partial charge on any atom is -0.465 e. The van der Waals surface area contributed by atoms with Crippen LogP contribution in [-0.4, -0.2) is 37.3 Å². The van der Waals surface area contributed by atoms with Crippen molar-refractivity contribution in [3.05, 3.63) is 36.0 Å². The summed E-state index contributed by atoms with van der Waals surface area (Å²) >= 11 is 0. The van der Waals surface area contributed by atoms with E-state index in [0.717, 1.165) is 42.4 Å². The number of piperidine rings is 1. The van der Waals surface area contributed by atoms with Crippen molar-refractivity contribution in [2.75, 3.05) is 25.2 Å². The summed E-state index contributed by atoms with van der Waals surface area (Å²) in [4.78, 5) is 18.3. The van der Waals surface area contributed by atoms with Crippen molar-refractivity contribution in [2.45, 2.75) is 25.3 Å². The molecule has 1 aliphatic heterocycles. The first-order valence-corrected chi connectivity index (χ1v) is 7.54. The van der Waals surface area contributed by atoms with Crippen LogP contribution in [0.25, 0.3) is 10.9 Å². The molecule has 0 aliphatic carbocycles. The molecule has 2 heterocycles. The number of methoxy groups -OCH3 is 1. The zero-order valence-corrected chi connectivity index (χ0v) is 12.6. The van der Waals surface area contributed by atoms with Crippen LogP contribution in [0, 0.1) is 0 Å². The zero-order chi connectivity index (χ0) is 15.5. The van der Waals surface area contributed by atoms with Gasteiger partial charge in [0, 0.05) is 23.8 Å². The predicted octanol–water partition coefficient (Wildman–Crippen LogP) is 3.35. The molecule has 5 heteroatoms. The molecule has 0 bridgehead atoms. The van der Waals surface area contributed by atoms with Crippen LogP contribution in [0.4, 0.5) is 10.1 Å². The lowest BCUT2D eigenvalue weighted by atomic mass is 10.0. The molecule has 4 nitrogen and oxygen atoms in total. The second kappa shape index (κ2) is 6.30. The van der Waals surface area contributed by atoms with Gasteiger partial charge in [0.05, 0.1) is 24.2 Å². The first kappa shape index (κ1) is 14.8. The number of benzene rings is 1. The van der Waals surface area contributed by atoms with E-state index in [2.05, 4.69) is 9.88 Å². The average molecular weight is 302 g/mol. The summed E-state index contributed by atoms with van der Waals surface area (Å²) in [5.74, 6) is -0.384. The molecular weight excluding hydrogens is 283 g/mol. The Hall–Kier alpha value is -2.17. The maximum Gasteiger partial charge on any atom is 0.338 e. The van der Waals surface area contributed by atoms with Gasteiger partial charge in [0.1, 0.15) is 6.67 Å². The van der Waals surface area contributed by atoms with Gasteiger partial charge in [-0.25, -0.2) is 9.18 Å². The number of halogens is 1. The van der Waals surface area contributed by atoms with Gasteiger partial charge in [0.15, 0.2) is 0 Å². The third kappa shape index (κ3) is 2.63. The highest BCUT2D eigenvalue weighted by Crippen LogP contribution is 2.29. The fourth-order valence-corrected chi connectivity index (χ4v) is 3.10. The zero-order valence-electron chi connectivity index (χ0n) is 12.6. The summed E-state index contributed by atoms with van der Waals surface area (Å²) in [5, 5.41) is 0.745. The fraction of sp³-hybridized carbons (Fsp3) is 0.412. The number of aromatic nitrogens is 1. The SMILES string of the molecule is COC(=O)c1ccnc2ccc(N3CCCC[C@H]3CF)cc12. The summed E-state index contributed by atoms with van der Waals surface area (Å²) < 4.78 is 18.1. The number of nitrogens with zero attached hydrogens (tertiary/aromatic N) is 2. The lowest BCUT2D eigenvalue weighted by Crippen LogP contribution is -2.40. The summed E-state index contributed by atoms with van der Waals surface area (Å²) in [6.45, 7) is 0.489. The van der Waals surface area contributed by atoms with E-state index in [0.29, 0.717) is 5.56 Å². The summed E-state index contributed by atoms with van der Waals surface area (Å²) in [5.41, 5.74) is 2.16. The van der Waals surface area contributed by atoms with Gasteiger partial charge in [0.25, 0.3) is 0 Å². The Morgan fingerprint density at radius 2 is 2.27 bits per heavy atom. The number of anilines is 1. The molecule has 1 fully saturated rings. The van der Waals surface area contributed by atoms with Gasteiger partial charge in [-0.3, -0.25) is 4.98 Å². The lowest BCUT2D eigenvalue weighted by molar-refractivity contribution is 0.0603. The standard InChI is InChI=1S/C17H19FN2O2/c1-22-17(21)14-7-8-19-16-6-5-12(10-15(14)16)20-9-3-2-4-13(20)11-18/h5-8,10,13H,2-4,9,11H2,1H3/t13-/m0/s1. The molecule has 1 aromatic carbocycles. The van der Waals surface area contributed by atoms with Crippen LogP contribution in [-0.2, 0) is 4.74 Å². The van der Waals surface area contributed by atoms with E-state index in [1.807, 2.05) is 18.2 Å². The van der Waals surface area contributed by atoms with Crippen LogP contribution in [0.1, 0.15) is 29.6 Å². The number of esters is 1. The molecule has 0 radical (unpaired) electrons. The van der Waals surface area contributed by atoms with Crippen LogP contribution in [0.3, 0.4) is 0 Å². The number of fused-ring (bicyclic) bond motifs is 1. The molecule has 1 atom stereocenters. The molecule has 0 amide bonds. The molecule has 1 aromatic heterocycles. The van der Waals surface area contributed by atoms with Crippen LogP contribution in [0.5, 0.6) is 0 Å². The van der Waals surface area contributed by atoms with Crippen LogP contribution in [0.2, 0.25) is 0 Å². The van der Waals surface area contributed by atoms with Crippen molar-refractivity contribution in [3.8, 4) is 0 Å². The van der Waals surface area contributed by atoms with Crippen molar-refractivity contribution >= 4 is 22.6 Å². The summed E-state index contributed by atoms with van der Waals surface area (Å²) in [6.07, 6.45) is 4.59. The molecule has 2 aromatic rings. The van der Waals surface area contributed by atoms with Crippen LogP contribution in [0.15, 0.2) is 30.5 Å². The number of pyridine rings is 1. The number of hydrogen-bond acceptors (Lipinski definition) is 4. The van der Waals surface area contributed by atoms with Gasteiger partial charge in [-0.1, -0.05) is 0 Å². The highest BCUT2D eigenvalue weighted by Gasteiger charge is 2.23. The molecule has 1 saturated heterocycles. The average Bonchev–Trinajstić information content (AvgIpc) is 2.60. The van der Waals surface area contributed by atoms with Crippen molar-refractivity contribution < 1.29 is 13.9 Å². The number of carbonyl (C=O) groups is 1. The molecular formula is C17H19FN2O2. The van der Waals surface area contributed by atoms with E-state index in [1.165, 1.54) is 7.11 Å². The molecule has 0 unspecified atom stereocenters. The Labute approximate surface area is 128 Å². The normalized spacial score (nSPS) is 18.5. The number of ether oxygens (including phenoxy) is 1. The smallest absolute Gasteiger partial charge is 0.338 e. The Bertz CT molecular complexity index is 689. The topological polar surface area (TPSA) is 42.4 Å². The molecule has 0 spiro atoms. The Kier molecular flexibility index (Phi) is 4.22. The first-order chi connectivity index (χ1) is 10.7. The van der Waals surface area contributed by atoms with E-state index in [9.17, 15) is 9.18 Å². The number of hydrogen-bond donors (Lipinski definition) is 0. The number of alkyl halides is 1.